The van der Waals surface area contributed by atoms with Crippen LogP contribution in [0.3, 0.4) is 0 Å². The second kappa shape index (κ2) is 5.33. The molecule has 0 radical (unpaired) electrons. The van der Waals surface area contributed by atoms with E-state index in [0.29, 0.717) is 0 Å². The van der Waals surface area contributed by atoms with Crippen molar-refractivity contribution < 1.29 is 4.79 Å². The van der Waals surface area contributed by atoms with Crippen molar-refractivity contribution in [3.05, 3.63) is 18.0 Å². The molecule has 1 aliphatic rings. The van der Waals surface area contributed by atoms with Gasteiger partial charge in [0, 0.05) is 31.9 Å². The Morgan fingerprint density at radius 3 is 2.79 bits per heavy atom. The Bertz CT molecular complexity index is 452. The van der Waals surface area contributed by atoms with E-state index in [1.807, 2.05) is 25.2 Å². The highest BCUT2D eigenvalue weighted by Crippen LogP contribution is 2.30. The van der Waals surface area contributed by atoms with E-state index in [-0.39, 0.29) is 17.4 Å². The standard InChI is InChI=1S/C14H24N4O/c1-14(2)6-5-7-18(10-14)13(19)12(15-3)11-8-16-17(4)9-11/h8-9,12,15H,5-7,10H2,1-4H3. The van der Waals surface area contributed by atoms with Crippen molar-refractivity contribution >= 4 is 5.91 Å². The van der Waals surface area contributed by atoms with Gasteiger partial charge in [0.2, 0.25) is 5.91 Å². The summed E-state index contributed by atoms with van der Waals surface area (Å²) in [4.78, 5) is 14.6. The third-order valence-corrected chi connectivity index (χ3v) is 3.81. The maximum atomic E-state index is 12.7. The van der Waals surface area contributed by atoms with Crippen LogP contribution in [0.2, 0.25) is 0 Å². The summed E-state index contributed by atoms with van der Waals surface area (Å²) in [5.74, 6) is 0.156. The molecule has 19 heavy (non-hydrogen) atoms. The number of amides is 1. The third-order valence-electron chi connectivity index (χ3n) is 3.81. The molecule has 1 fully saturated rings. The molecular weight excluding hydrogens is 240 g/mol. The van der Waals surface area contributed by atoms with Gasteiger partial charge in [0.15, 0.2) is 0 Å². The van der Waals surface area contributed by atoms with Gasteiger partial charge in [-0.05, 0) is 25.3 Å². The van der Waals surface area contributed by atoms with E-state index in [4.69, 9.17) is 0 Å². The lowest BCUT2D eigenvalue weighted by Crippen LogP contribution is -2.47. The number of nitrogens with one attached hydrogen (secondary N) is 1. The van der Waals surface area contributed by atoms with Gasteiger partial charge in [0.05, 0.1) is 6.20 Å². The van der Waals surface area contributed by atoms with Crippen molar-refractivity contribution in [1.29, 1.82) is 0 Å². The van der Waals surface area contributed by atoms with Crippen LogP contribution in [0.4, 0.5) is 0 Å². The summed E-state index contributed by atoms with van der Waals surface area (Å²) in [6.07, 6.45) is 5.93. The molecule has 1 aliphatic heterocycles. The lowest BCUT2D eigenvalue weighted by atomic mass is 9.84. The first-order valence-corrected chi connectivity index (χ1v) is 6.87. The molecule has 1 atom stereocenters. The molecule has 1 amide bonds. The van der Waals surface area contributed by atoms with E-state index in [1.54, 1.807) is 10.9 Å². The Morgan fingerprint density at radius 2 is 2.26 bits per heavy atom. The highest BCUT2D eigenvalue weighted by Gasteiger charge is 2.32. The number of likely N-dealkylation sites (N-methyl/N-ethyl adjacent to an activating group) is 1. The summed E-state index contributed by atoms with van der Waals surface area (Å²) in [6, 6.07) is -0.289. The first-order chi connectivity index (χ1) is 8.93. The smallest absolute Gasteiger partial charge is 0.244 e. The van der Waals surface area contributed by atoms with Gasteiger partial charge in [-0.2, -0.15) is 5.10 Å². The zero-order chi connectivity index (χ0) is 14.0. The van der Waals surface area contributed by atoms with Crippen molar-refractivity contribution in [3.63, 3.8) is 0 Å². The predicted octanol–water partition coefficient (Wildman–Crippen LogP) is 1.33. The Kier molecular flexibility index (Phi) is 3.94. The van der Waals surface area contributed by atoms with Crippen LogP contribution in [0.25, 0.3) is 0 Å². The van der Waals surface area contributed by atoms with E-state index in [1.165, 1.54) is 6.42 Å². The average Bonchev–Trinajstić information content (AvgIpc) is 2.75. The first kappa shape index (κ1) is 14.1. The summed E-state index contributed by atoms with van der Waals surface area (Å²) < 4.78 is 1.73. The molecule has 5 nitrogen and oxygen atoms in total. The van der Waals surface area contributed by atoms with Gasteiger partial charge < -0.3 is 10.2 Å². The van der Waals surface area contributed by atoms with Crippen LogP contribution in [0, 0.1) is 5.41 Å². The zero-order valence-corrected chi connectivity index (χ0v) is 12.3. The molecule has 0 aliphatic carbocycles. The van der Waals surface area contributed by atoms with Crippen LogP contribution >= 0.6 is 0 Å². The Labute approximate surface area is 115 Å². The molecule has 0 bridgehead atoms. The summed E-state index contributed by atoms with van der Waals surface area (Å²) in [7, 11) is 3.69. The van der Waals surface area contributed by atoms with Gasteiger partial charge in [-0.1, -0.05) is 13.8 Å². The molecule has 2 rings (SSSR count). The zero-order valence-electron chi connectivity index (χ0n) is 12.3. The van der Waals surface area contributed by atoms with E-state index >= 15 is 0 Å². The summed E-state index contributed by atoms with van der Waals surface area (Å²) in [6.45, 7) is 6.15. The fourth-order valence-electron chi connectivity index (χ4n) is 2.82. The average molecular weight is 264 g/mol. The number of carbonyl (C=O) groups excluding carboxylic acids is 1. The van der Waals surface area contributed by atoms with Crippen molar-refractivity contribution in [1.82, 2.24) is 20.0 Å². The Balaban J connectivity index is 2.12. The van der Waals surface area contributed by atoms with Gasteiger partial charge in [-0.3, -0.25) is 9.48 Å². The van der Waals surface area contributed by atoms with Crippen LogP contribution in [0.5, 0.6) is 0 Å². The normalized spacial score (nSPS) is 20.3. The molecule has 106 valence electrons. The number of hydrogen-bond donors (Lipinski definition) is 1. The molecule has 1 N–H and O–H groups in total. The summed E-state index contributed by atoms with van der Waals surface area (Å²) >= 11 is 0. The lowest BCUT2D eigenvalue weighted by Gasteiger charge is -2.39. The number of carbonyl (C=O) groups is 1. The minimum atomic E-state index is -0.289. The number of aromatic nitrogens is 2. The van der Waals surface area contributed by atoms with Crippen molar-refractivity contribution in [2.45, 2.75) is 32.7 Å². The second-order valence-corrected chi connectivity index (χ2v) is 6.20. The number of piperidine rings is 1. The van der Waals surface area contributed by atoms with Gasteiger partial charge in [0.1, 0.15) is 6.04 Å². The maximum absolute atomic E-state index is 12.7. The van der Waals surface area contributed by atoms with E-state index in [2.05, 4.69) is 24.3 Å². The molecule has 1 unspecified atom stereocenters. The monoisotopic (exact) mass is 264 g/mol. The number of aryl methyl sites for hydroxylation is 1. The number of hydrogen-bond acceptors (Lipinski definition) is 3. The van der Waals surface area contributed by atoms with Gasteiger partial charge in [0.25, 0.3) is 0 Å². The predicted molar refractivity (Wildman–Crippen MR) is 74.6 cm³/mol. The molecular formula is C14H24N4O. The van der Waals surface area contributed by atoms with E-state index in [0.717, 1.165) is 25.1 Å². The van der Waals surface area contributed by atoms with Crippen molar-refractivity contribution in [3.8, 4) is 0 Å². The lowest BCUT2D eigenvalue weighted by molar-refractivity contribution is -0.136. The topological polar surface area (TPSA) is 50.2 Å². The van der Waals surface area contributed by atoms with Crippen LogP contribution in [-0.4, -0.2) is 40.7 Å². The highest BCUT2D eigenvalue weighted by molar-refractivity contribution is 5.83. The van der Waals surface area contributed by atoms with E-state index in [9.17, 15) is 4.79 Å². The summed E-state index contributed by atoms with van der Waals surface area (Å²) in [5, 5.41) is 7.26. The molecule has 1 aromatic heterocycles. The largest absolute Gasteiger partial charge is 0.341 e. The minimum absolute atomic E-state index is 0.156. The van der Waals surface area contributed by atoms with Gasteiger partial charge >= 0.3 is 0 Å². The van der Waals surface area contributed by atoms with Crippen LogP contribution < -0.4 is 5.32 Å². The number of rotatable bonds is 3. The summed E-state index contributed by atoms with van der Waals surface area (Å²) in [5.41, 5.74) is 1.15. The Morgan fingerprint density at radius 1 is 1.53 bits per heavy atom. The van der Waals surface area contributed by atoms with Crippen LogP contribution in [0.15, 0.2) is 12.4 Å². The van der Waals surface area contributed by atoms with Crippen LogP contribution in [-0.2, 0) is 11.8 Å². The molecule has 5 heteroatoms. The number of likely N-dealkylation sites (tertiary alicyclic amines) is 1. The Hall–Kier alpha value is -1.36. The minimum Gasteiger partial charge on any atom is -0.341 e. The second-order valence-electron chi connectivity index (χ2n) is 6.20. The van der Waals surface area contributed by atoms with Gasteiger partial charge in [-0.25, -0.2) is 0 Å². The molecule has 0 spiro atoms. The molecule has 0 aromatic carbocycles. The molecule has 1 aromatic rings. The maximum Gasteiger partial charge on any atom is 0.244 e. The van der Waals surface area contributed by atoms with Crippen molar-refractivity contribution in [2.24, 2.45) is 12.5 Å². The van der Waals surface area contributed by atoms with Gasteiger partial charge in [-0.15, -0.1) is 0 Å². The molecule has 0 saturated carbocycles. The third kappa shape index (κ3) is 3.15. The van der Waals surface area contributed by atoms with Crippen LogP contribution in [0.1, 0.15) is 38.3 Å². The van der Waals surface area contributed by atoms with Crippen molar-refractivity contribution in [2.75, 3.05) is 20.1 Å². The molecule has 2 heterocycles. The first-order valence-electron chi connectivity index (χ1n) is 6.87. The molecule has 1 saturated heterocycles. The fraction of sp³-hybridized carbons (Fsp3) is 0.714. The fourth-order valence-corrected chi connectivity index (χ4v) is 2.82. The SMILES string of the molecule is CNC(C(=O)N1CCCC(C)(C)C1)c1cnn(C)c1. The quantitative estimate of drug-likeness (QED) is 0.896. The number of nitrogens with zero attached hydrogens (tertiary/aromatic N) is 3. The van der Waals surface area contributed by atoms with E-state index < -0.39 is 0 Å². The highest BCUT2D eigenvalue weighted by atomic mass is 16.2.